The highest BCUT2D eigenvalue weighted by Crippen LogP contribution is 2.29. The van der Waals surface area contributed by atoms with E-state index in [0.717, 1.165) is 12.1 Å². The van der Waals surface area contributed by atoms with Gasteiger partial charge >= 0.3 is 5.69 Å². The number of carbonyl (C=O) groups excluding carboxylic acids is 1. The standard InChI is InChI=1S/C8H8NO6P/c10-8(5-16(13,14)15)6-1-3-7(4-2-6)9(11)12/h1-4H,5H2,(H2-,11,12,13,14,15). The maximum Gasteiger partial charge on any atom is 0.316 e. The molecule has 0 heterocycles. The molecule has 8 heteroatoms. The van der Waals surface area contributed by atoms with Crippen LogP contribution in [-0.2, 0) is 4.57 Å². The average molecular weight is 245 g/mol. The van der Waals surface area contributed by atoms with E-state index in [2.05, 4.69) is 0 Å². The summed E-state index contributed by atoms with van der Waals surface area (Å²) in [4.78, 5) is 40.2. The average Bonchev–Trinajstić information content (AvgIpc) is 2.15. The molecular weight excluding hydrogens is 237 g/mol. The van der Waals surface area contributed by atoms with Gasteiger partial charge in [-0.05, 0) is 12.1 Å². The van der Waals surface area contributed by atoms with Crippen LogP contribution < -0.4 is 4.89 Å². The van der Waals surface area contributed by atoms with E-state index in [4.69, 9.17) is 10.1 Å². The largest absolute Gasteiger partial charge is 0.778 e. The van der Waals surface area contributed by atoms with Crippen LogP contribution in [0.2, 0.25) is 0 Å². The molecule has 0 aromatic heterocycles. The van der Waals surface area contributed by atoms with Gasteiger partial charge in [0, 0.05) is 17.7 Å². The molecule has 0 bridgehead atoms. The molecule has 1 unspecified atom stereocenters. The molecule has 1 rings (SSSR count). The van der Waals surface area contributed by atoms with Crippen molar-refractivity contribution in [1.82, 2.24) is 0 Å². The van der Waals surface area contributed by atoms with Gasteiger partial charge in [-0.2, -0.15) is 0 Å². The second-order valence-corrected chi connectivity index (χ2v) is 4.63. The summed E-state index contributed by atoms with van der Waals surface area (Å²) < 4.78 is 10.5. The number of rotatable bonds is 4. The summed E-state index contributed by atoms with van der Waals surface area (Å²) in [5, 5.41) is 8.50. The van der Waals surface area contributed by atoms with Gasteiger partial charge in [0.2, 0.25) is 0 Å². The Morgan fingerprint density at radius 3 is 2.25 bits per heavy atom. The summed E-state index contributed by atoms with van der Waals surface area (Å²) in [5.41, 5.74) is -0.0680. The predicted octanol–water partition coefficient (Wildman–Crippen LogP) is 0.215. The van der Waals surface area contributed by atoms with E-state index in [-0.39, 0.29) is 11.3 Å². The van der Waals surface area contributed by atoms with Gasteiger partial charge in [-0.1, -0.05) is 0 Å². The zero-order valence-electron chi connectivity index (χ0n) is 7.94. The first-order chi connectivity index (χ1) is 7.29. The minimum Gasteiger partial charge on any atom is -0.778 e. The molecule has 7 nitrogen and oxygen atoms in total. The van der Waals surface area contributed by atoms with Crippen molar-refractivity contribution in [3.8, 4) is 0 Å². The fraction of sp³-hybridized carbons (Fsp3) is 0.125. The molecule has 0 amide bonds. The van der Waals surface area contributed by atoms with Gasteiger partial charge in [0.05, 0.1) is 11.1 Å². The molecule has 16 heavy (non-hydrogen) atoms. The predicted molar refractivity (Wildman–Crippen MR) is 50.5 cm³/mol. The van der Waals surface area contributed by atoms with Gasteiger partial charge in [-0.25, -0.2) is 5.21 Å². The molecule has 2 N–H and O–H groups in total. The van der Waals surface area contributed by atoms with Crippen LogP contribution in [0, 0.1) is 4.91 Å². The number of ketones is 1. The zero-order chi connectivity index (χ0) is 12.3. The Kier molecular flexibility index (Phi) is 3.54. The van der Waals surface area contributed by atoms with Crippen LogP contribution in [0.4, 0.5) is 5.69 Å². The molecule has 0 saturated heterocycles. The van der Waals surface area contributed by atoms with Crippen molar-refractivity contribution in [1.29, 1.82) is 0 Å². The van der Waals surface area contributed by atoms with Gasteiger partial charge in [0.15, 0.2) is 5.78 Å². The van der Waals surface area contributed by atoms with Crippen molar-refractivity contribution < 1.29 is 29.3 Å². The minimum absolute atomic E-state index is 0.0238. The van der Waals surface area contributed by atoms with Crippen molar-refractivity contribution >= 4 is 19.1 Å². The van der Waals surface area contributed by atoms with Crippen LogP contribution in [-0.4, -0.2) is 27.0 Å². The van der Waals surface area contributed by atoms with E-state index in [1.54, 1.807) is 0 Å². The van der Waals surface area contributed by atoms with E-state index in [0.29, 0.717) is 0 Å². The maximum absolute atomic E-state index is 11.3. The number of benzene rings is 1. The first-order valence-corrected chi connectivity index (χ1v) is 5.88. The molecule has 0 radical (unpaired) electrons. The van der Waals surface area contributed by atoms with Gasteiger partial charge < -0.3 is 14.4 Å². The first kappa shape index (κ1) is 12.5. The van der Waals surface area contributed by atoms with Crippen molar-refractivity contribution in [3.63, 3.8) is 0 Å². The van der Waals surface area contributed by atoms with Gasteiger partial charge in [0.1, 0.15) is 7.60 Å². The third-order valence-corrected chi connectivity index (χ3v) is 2.44. The maximum atomic E-state index is 11.3. The second kappa shape index (κ2) is 4.52. The highest BCUT2D eigenvalue weighted by molar-refractivity contribution is 7.51. The Bertz CT molecular complexity index is 462. The Morgan fingerprint density at radius 2 is 1.88 bits per heavy atom. The van der Waals surface area contributed by atoms with Crippen LogP contribution in [0.25, 0.3) is 0 Å². The van der Waals surface area contributed by atoms with Gasteiger partial charge in [-0.15, -0.1) is 0 Å². The summed E-state index contributed by atoms with van der Waals surface area (Å²) in [6.45, 7) is 0. The van der Waals surface area contributed by atoms with Crippen molar-refractivity contribution in [2.24, 2.45) is 0 Å². The summed E-state index contributed by atoms with van der Waals surface area (Å²) >= 11 is 0. The summed E-state index contributed by atoms with van der Waals surface area (Å²) in [7, 11) is -4.64. The van der Waals surface area contributed by atoms with Crippen LogP contribution in [0.1, 0.15) is 10.4 Å². The van der Waals surface area contributed by atoms with E-state index in [9.17, 15) is 19.2 Å². The highest BCUT2D eigenvalue weighted by atomic mass is 31.2. The van der Waals surface area contributed by atoms with E-state index >= 15 is 0 Å². The molecule has 0 spiro atoms. The van der Waals surface area contributed by atoms with E-state index in [1.165, 1.54) is 12.1 Å². The monoisotopic (exact) mass is 245 g/mol. The van der Waals surface area contributed by atoms with E-state index < -0.39 is 24.5 Å². The van der Waals surface area contributed by atoms with Gasteiger partial charge in [-0.3, -0.25) is 4.79 Å². The molecule has 0 aliphatic carbocycles. The molecule has 0 aliphatic heterocycles. The number of hydrogen-bond acceptors (Lipinski definition) is 4. The fourth-order valence-corrected chi connectivity index (χ4v) is 1.59. The van der Waals surface area contributed by atoms with Crippen molar-refractivity contribution in [3.05, 3.63) is 34.7 Å². The Labute approximate surface area is 90.0 Å². The Morgan fingerprint density at radius 1 is 1.38 bits per heavy atom. The third kappa shape index (κ3) is 3.54. The van der Waals surface area contributed by atoms with Gasteiger partial charge in [0.25, 0.3) is 4.92 Å². The number of nitrogens with zero attached hydrogens (tertiary/aromatic N) is 1. The summed E-state index contributed by atoms with van der Waals surface area (Å²) in [5.74, 6) is -0.789. The highest BCUT2D eigenvalue weighted by Gasteiger charge is 2.15. The fourth-order valence-electron chi connectivity index (χ4n) is 1.05. The van der Waals surface area contributed by atoms with Crippen LogP contribution in [0.15, 0.2) is 24.3 Å². The van der Waals surface area contributed by atoms with Crippen molar-refractivity contribution in [2.75, 3.05) is 6.16 Å². The van der Waals surface area contributed by atoms with Crippen molar-refractivity contribution in [2.45, 2.75) is 0 Å². The van der Waals surface area contributed by atoms with E-state index in [1.807, 2.05) is 0 Å². The molecular formula is C8H8NO6P. The minimum atomic E-state index is -4.64. The lowest BCUT2D eigenvalue weighted by Gasteiger charge is -2.13. The molecule has 1 atom stereocenters. The van der Waals surface area contributed by atoms with Crippen LogP contribution in [0.5, 0.6) is 0 Å². The molecule has 0 aliphatic rings. The smallest absolute Gasteiger partial charge is 0.316 e. The quantitative estimate of drug-likeness (QED) is 0.445. The lowest BCUT2D eigenvalue weighted by atomic mass is 10.1. The number of hydrogen-bond donors (Lipinski definition) is 2. The summed E-state index contributed by atoms with van der Waals surface area (Å²) in [6.07, 6.45) is -0.993. The van der Waals surface area contributed by atoms with Crippen LogP contribution in [0.3, 0.4) is 0 Å². The zero-order valence-corrected chi connectivity index (χ0v) is 8.83. The lowest BCUT2D eigenvalue weighted by molar-refractivity contribution is -0.729. The molecule has 1 aromatic rings. The Hall–Kier alpha value is -1.56. The first-order valence-electron chi connectivity index (χ1n) is 4.12. The summed E-state index contributed by atoms with van der Waals surface area (Å²) in [6, 6.07) is 4.64. The SMILES string of the molecule is O=C(CP(=O)([O-])O)c1ccc([N+](=O)O)cc1. The number of Topliss-reactive ketones (excluding diaryl/α,β-unsaturated/α-hetero) is 1. The second-order valence-electron chi connectivity index (χ2n) is 3.04. The number of carbonyl (C=O) groups is 1. The normalized spacial score (nSPS) is 14.1. The third-order valence-electron chi connectivity index (χ3n) is 1.75. The molecule has 0 fully saturated rings. The molecule has 0 saturated carbocycles. The van der Waals surface area contributed by atoms with Crippen LogP contribution >= 0.6 is 7.60 Å². The Balaban J connectivity index is 2.86. The lowest BCUT2D eigenvalue weighted by Crippen LogP contribution is -2.12. The molecule has 1 aromatic carbocycles. The molecule has 86 valence electrons. The topological polar surface area (TPSA) is 118 Å².